The Hall–Kier alpha value is -0.570. The highest BCUT2D eigenvalue weighted by Crippen LogP contribution is 2.20. The molecule has 1 aliphatic rings. The predicted molar refractivity (Wildman–Crippen MR) is 56.0 cm³/mol. The minimum Gasteiger partial charge on any atom is -0.469 e. The second-order valence-corrected chi connectivity index (χ2v) is 4.19. The third-order valence-electron chi connectivity index (χ3n) is 3.07. The maximum absolute atomic E-state index is 11.1. The lowest BCUT2D eigenvalue weighted by Crippen LogP contribution is -2.28. The fourth-order valence-electron chi connectivity index (χ4n) is 1.98. The lowest BCUT2D eigenvalue weighted by molar-refractivity contribution is -0.145. The molecule has 3 heteroatoms. The fourth-order valence-corrected chi connectivity index (χ4v) is 1.98. The quantitative estimate of drug-likeness (QED) is 0.698. The van der Waals surface area contributed by atoms with Gasteiger partial charge in [-0.25, -0.2) is 0 Å². The molecule has 0 saturated carbocycles. The van der Waals surface area contributed by atoms with Gasteiger partial charge in [-0.2, -0.15) is 0 Å². The van der Waals surface area contributed by atoms with E-state index in [9.17, 15) is 4.79 Å². The largest absolute Gasteiger partial charge is 0.469 e. The first-order valence-electron chi connectivity index (χ1n) is 5.52. The van der Waals surface area contributed by atoms with E-state index in [4.69, 9.17) is 4.74 Å². The van der Waals surface area contributed by atoms with Crippen molar-refractivity contribution in [2.75, 3.05) is 20.2 Å². The Balaban J connectivity index is 2.15. The number of carbonyl (C=O) groups excluding carboxylic acids is 1. The first kappa shape index (κ1) is 11.5. The predicted octanol–water partition coefficient (Wildman–Crippen LogP) is 1.58. The van der Waals surface area contributed by atoms with Crippen molar-refractivity contribution in [1.82, 2.24) is 5.32 Å². The Labute approximate surface area is 86.2 Å². The van der Waals surface area contributed by atoms with Gasteiger partial charge in [0, 0.05) is 0 Å². The number of hydrogen-bond acceptors (Lipinski definition) is 3. The molecule has 1 saturated heterocycles. The molecule has 0 spiro atoms. The van der Waals surface area contributed by atoms with Gasteiger partial charge in [0.1, 0.15) is 0 Å². The Morgan fingerprint density at radius 3 is 2.71 bits per heavy atom. The summed E-state index contributed by atoms with van der Waals surface area (Å²) in [7, 11) is 1.46. The average Bonchev–Trinajstić information content (AvgIpc) is 2.26. The topological polar surface area (TPSA) is 38.3 Å². The summed E-state index contributed by atoms with van der Waals surface area (Å²) in [5, 5.41) is 3.34. The Bertz CT molecular complexity index is 176. The first-order chi connectivity index (χ1) is 6.74. The van der Waals surface area contributed by atoms with E-state index in [0.29, 0.717) is 0 Å². The average molecular weight is 199 g/mol. The maximum Gasteiger partial charge on any atom is 0.308 e. The van der Waals surface area contributed by atoms with Gasteiger partial charge in [-0.05, 0) is 44.7 Å². The van der Waals surface area contributed by atoms with Crippen molar-refractivity contribution < 1.29 is 9.53 Å². The molecule has 3 nitrogen and oxygen atoms in total. The summed E-state index contributed by atoms with van der Waals surface area (Å²) in [6, 6.07) is 0. The van der Waals surface area contributed by atoms with Crippen molar-refractivity contribution >= 4 is 5.97 Å². The summed E-state index contributed by atoms with van der Waals surface area (Å²) in [6.45, 7) is 4.22. The van der Waals surface area contributed by atoms with Gasteiger partial charge >= 0.3 is 5.97 Å². The summed E-state index contributed by atoms with van der Waals surface area (Å²) in [5.74, 6) is 0.803. The summed E-state index contributed by atoms with van der Waals surface area (Å²) in [4.78, 5) is 11.1. The molecule has 1 fully saturated rings. The molecular formula is C11H21NO2. The molecule has 82 valence electrons. The number of hydrogen-bond donors (Lipinski definition) is 1. The zero-order valence-electron chi connectivity index (χ0n) is 9.21. The maximum atomic E-state index is 11.1. The van der Waals surface area contributed by atoms with Gasteiger partial charge in [-0.3, -0.25) is 4.79 Å². The summed E-state index contributed by atoms with van der Waals surface area (Å²) in [6.07, 6.45) is 4.65. The van der Waals surface area contributed by atoms with Crippen molar-refractivity contribution in [3.05, 3.63) is 0 Å². The van der Waals surface area contributed by atoms with Crippen LogP contribution >= 0.6 is 0 Å². The molecule has 0 bridgehead atoms. The molecule has 0 aromatic heterocycles. The number of piperidine rings is 1. The van der Waals surface area contributed by atoms with Gasteiger partial charge in [0.15, 0.2) is 0 Å². The van der Waals surface area contributed by atoms with Crippen molar-refractivity contribution in [2.24, 2.45) is 11.8 Å². The van der Waals surface area contributed by atoms with Crippen molar-refractivity contribution in [2.45, 2.75) is 32.6 Å². The second-order valence-electron chi connectivity index (χ2n) is 4.19. The van der Waals surface area contributed by atoms with E-state index in [2.05, 4.69) is 5.32 Å². The van der Waals surface area contributed by atoms with Crippen LogP contribution in [0.15, 0.2) is 0 Å². The van der Waals surface area contributed by atoms with Crippen molar-refractivity contribution in [1.29, 1.82) is 0 Å². The molecular weight excluding hydrogens is 178 g/mol. The monoisotopic (exact) mass is 199 g/mol. The lowest BCUT2D eigenvalue weighted by Gasteiger charge is -2.23. The van der Waals surface area contributed by atoms with Crippen LogP contribution < -0.4 is 5.32 Å². The van der Waals surface area contributed by atoms with Crippen LogP contribution in [0, 0.1) is 11.8 Å². The molecule has 0 aromatic carbocycles. The van der Waals surface area contributed by atoms with Gasteiger partial charge in [-0.1, -0.05) is 6.92 Å². The highest BCUT2D eigenvalue weighted by atomic mass is 16.5. The van der Waals surface area contributed by atoms with Crippen LogP contribution in [-0.2, 0) is 9.53 Å². The normalized spacial score (nSPS) is 20.4. The van der Waals surface area contributed by atoms with Crippen molar-refractivity contribution in [3.8, 4) is 0 Å². The number of ether oxygens (including phenoxy) is 1. The zero-order valence-corrected chi connectivity index (χ0v) is 9.21. The highest BCUT2D eigenvalue weighted by Gasteiger charge is 2.17. The molecule has 1 atom stereocenters. The zero-order chi connectivity index (χ0) is 10.4. The van der Waals surface area contributed by atoms with Crippen molar-refractivity contribution in [3.63, 3.8) is 0 Å². The van der Waals surface area contributed by atoms with Crippen LogP contribution in [0.2, 0.25) is 0 Å². The molecule has 0 aromatic rings. The van der Waals surface area contributed by atoms with Crippen LogP contribution in [0.3, 0.4) is 0 Å². The van der Waals surface area contributed by atoms with E-state index in [1.807, 2.05) is 6.92 Å². The number of nitrogens with one attached hydrogen (secondary N) is 1. The molecule has 0 radical (unpaired) electrons. The lowest BCUT2D eigenvalue weighted by atomic mass is 9.90. The number of esters is 1. The first-order valence-corrected chi connectivity index (χ1v) is 5.52. The molecule has 1 aliphatic heterocycles. The number of rotatable bonds is 4. The summed E-state index contributed by atoms with van der Waals surface area (Å²) < 4.78 is 4.70. The Morgan fingerprint density at radius 2 is 2.14 bits per heavy atom. The Kier molecular flexibility index (Phi) is 4.94. The van der Waals surface area contributed by atoms with Crippen LogP contribution in [0.1, 0.15) is 32.6 Å². The molecule has 14 heavy (non-hydrogen) atoms. The van der Waals surface area contributed by atoms with E-state index in [0.717, 1.165) is 31.8 Å². The van der Waals surface area contributed by atoms with Gasteiger partial charge in [-0.15, -0.1) is 0 Å². The molecule has 1 rings (SSSR count). The number of carbonyl (C=O) groups is 1. The van der Waals surface area contributed by atoms with E-state index < -0.39 is 0 Å². The van der Waals surface area contributed by atoms with Gasteiger partial charge in [0.25, 0.3) is 0 Å². The summed E-state index contributed by atoms with van der Waals surface area (Å²) >= 11 is 0. The minimum absolute atomic E-state index is 0.0647. The number of methoxy groups -OCH3 is 1. The standard InChI is InChI=1S/C11H21NO2/c1-9(11(13)14-2)3-4-10-5-7-12-8-6-10/h9-10,12H,3-8H2,1-2H3. The molecule has 1 unspecified atom stereocenters. The van der Waals surface area contributed by atoms with E-state index in [1.165, 1.54) is 20.0 Å². The van der Waals surface area contributed by atoms with E-state index >= 15 is 0 Å². The smallest absolute Gasteiger partial charge is 0.308 e. The fraction of sp³-hybridized carbons (Fsp3) is 0.909. The van der Waals surface area contributed by atoms with Crippen LogP contribution in [0.5, 0.6) is 0 Å². The highest BCUT2D eigenvalue weighted by molar-refractivity contribution is 5.71. The van der Waals surface area contributed by atoms with Gasteiger partial charge in [0.2, 0.25) is 0 Å². The second kappa shape index (κ2) is 6.02. The molecule has 0 amide bonds. The van der Waals surface area contributed by atoms with E-state index in [-0.39, 0.29) is 11.9 Å². The van der Waals surface area contributed by atoms with E-state index in [1.54, 1.807) is 0 Å². The minimum atomic E-state index is -0.0704. The van der Waals surface area contributed by atoms with Crippen LogP contribution in [0.25, 0.3) is 0 Å². The SMILES string of the molecule is COC(=O)C(C)CCC1CCNCC1. The third-order valence-corrected chi connectivity index (χ3v) is 3.07. The molecule has 1 N–H and O–H groups in total. The van der Waals surface area contributed by atoms with Gasteiger partial charge < -0.3 is 10.1 Å². The van der Waals surface area contributed by atoms with Crippen LogP contribution in [-0.4, -0.2) is 26.2 Å². The molecule has 0 aliphatic carbocycles. The third kappa shape index (κ3) is 3.66. The van der Waals surface area contributed by atoms with Gasteiger partial charge in [0.05, 0.1) is 13.0 Å². The Morgan fingerprint density at radius 1 is 1.50 bits per heavy atom. The van der Waals surface area contributed by atoms with Crippen LogP contribution in [0.4, 0.5) is 0 Å². The molecule has 1 heterocycles. The summed E-state index contributed by atoms with van der Waals surface area (Å²) in [5.41, 5.74) is 0.